The smallest absolute Gasteiger partial charge is 0.233 e. The highest BCUT2D eigenvalue weighted by Crippen LogP contribution is 2.36. The van der Waals surface area contributed by atoms with Crippen molar-refractivity contribution in [3.05, 3.63) is 52.9 Å². The van der Waals surface area contributed by atoms with Gasteiger partial charge in [-0.1, -0.05) is 43.4 Å². The molecule has 1 aromatic carbocycles. The molecule has 1 N–H and O–H groups in total. The van der Waals surface area contributed by atoms with E-state index in [-0.39, 0.29) is 15.8 Å². The first-order valence-electron chi connectivity index (χ1n) is 11.3. The molecule has 1 atom stereocenters. The number of aromatic nitrogens is 2. The van der Waals surface area contributed by atoms with Crippen molar-refractivity contribution in [3.8, 4) is 0 Å². The molecule has 0 saturated heterocycles. The van der Waals surface area contributed by atoms with Crippen LogP contribution in [0, 0.1) is 5.92 Å². The number of allylic oxidation sites excluding steroid dienone is 1. The van der Waals surface area contributed by atoms with E-state index in [4.69, 9.17) is 16.3 Å². The minimum absolute atomic E-state index is 0.0635. The molecule has 176 valence electrons. The zero-order valence-electron chi connectivity index (χ0n) is 18.6. The van der Waals surface area contributed by atoms with Gasteiger partial charge in [0.25, 0.3) is 0 Å². The van der Waals surface area contributed by atoms with Crippen molar-refractivity contribution in [1.29, 1.82) is 0 Å². The van der Waals surface area contributed by atoms with E-state index >= 15 is 0 Å². The molecule has 1 amide bonds. The van der Waals surface area contributed by atoms with Crippen molar-refractivity contribution in [2.75, 3.05) is 18.2 Å². The van der Waals surface area contributed by atoms with E-state index in [1.165, 1.54) is 12.3 Å². The molecule has 4 rings (SSSR count). The van der Waals surface area contributed by atoms with Gasteiger partial charge in [-0.3, -0.25) is 4.79 Å². The van der Waals surface area contributed by atoms with Crippen LogP contribution in [0.15, 0.2) is 41.6 Å². The lowest BCUT2D eigenvalue weighted by Gasteiger charge is -2.21. The summed E-state index contributed by atoms with van der Waals surface area (Å²) in [5.41, 5.74) is 1.33. The summed E-state index contributed by atoms with van der Waals surface area (Å²) in [4.78, 5) is 22.1. The standard InChI is InChI=1S/C24H28ClN3O4S/c1-33(30,31)22-10-9-17(13-19(22)25)18(12-16-6-2-3-7-16)24(29)28-23-15-26-20(14-27-23)21-8-4-5-11-32-21/h8-10,13-16,18H,2-7,11-12H2,1H3,(H,27,28,29)/t18-/m1/s1. The summed E-state index contributed by atoms with van der Waals surface area (Å²) in [5, 5.41) is 3.00. The predicted octanol–water partition coefficient (Wildman–Crippen LogP) is 4.99. The van der Waals surface area contributed by atoms with Gasteiger partial charge in [-0.15, -0.1) is 0 Å². The van der Waals surface area contributed by atoms with E-state index in [0.717, 1.165) is 44.8 Å². The molecule has 2 heterocycles. The Morgan fingerprint density at radius 3 is 2.61 bits per heavy atom. The molecule has 1 aliphatic heterocycles. The van der Waals surface area contributed by atoms with Gasteiger partial charge in [0.1, 0.15) is 11.5 Å². The van der Waals surface area contributed by atoms with Crippen LogP contribution in [0.25, 0.3) is 5.76 Å². The fourth-order valence-electron chi connectivity index (χ4n) is 4.48. The van der Waals surface area contributed by atoms with Crippen LogP contribution in [0.5, 0.6) is 0 Å². The van der Waals surface area contributed by atoms with Gasteiger partial charge < -0.3 is 10.1 Å². The summed E-state index contributed by atoms with van der Waals surface area (Å²) < 4.78 is 29.5. The highest BCUT2D eigenvalue weighted by molar-refractivity contribution is 7.90. The second-order valence-electron chi connectivity index (χ2n) is 8.74. The van der Waals surface area contributed by atoms with Gasteiger partial charge in [0.05, 0.1) is 34.8 Å². The molecule has 0 unspecified atom stereocenters. The van der Waals surface area contributed by atoms with Crippen molar-refractivity contribution in [2.24, 2.45) is 5.92 Å². The largest absolute Gasteiger partial charge is 0.492 e. The molecule has 2 aliphatic rings. The van der Waals surface area contributed by atoms with Crippen LogP contribution in [0.2, 0.25) is 5.02 Å². The second kappa shape index (κ2) is 10.2. The summed E-state index contributed by atoms with van der Waals surface area (Å²) in [5.74, 6) is 0.838. The zero-order chi connectivity index (χ0) is 23.4. The van der Waals surface area contributed by atoms with Gasteiger partial charge >= 0.3 is 0 Å². The van der Waals surface area contributed by atoms with E-state index < -0.39 is 15.8 Å². The fourth-order valence-corrected chi connectivity index (χ4v) is 5.82. The topological polar surface area (TPSA) is 98.2 Å². The fraction of sp³-hybridized carbons (Fsp3) is 0.458. The zero-order valence-corrected chi connectivity index (χ0v) is 20.2. The van der Waals surface area contributed by atoms with Gasteiger partial charge in [0.2, 0.25) is 5.91 Å². The summed E-state index contributed by atoms with van der Waals surface area (Å²) in [7, 11) is -3.45. The van der Waals surface area contributed by atoms with E-state index in [2.05, 4.69) is 15.3 Å². The van der Waals surface area contributed by atoms with Crippen molar-refractivity contribution in [1.82, 2.24) is 9.97 Å². The number of nitrogens with one attached hydrogen (secondary N) is 1. The molecule has 0 spiro atoms. The number of hydrogen-bond donors (Lipinski definition) is 1. The molecule has 0 radical (unpaired) electrons. The number of carbonyl (C=O) groups is 1. The Bertz CT molecular complexity index is 1140. The minimum Gasteiger partial charge on any atom is -0.492 e. The first-order valence-corrected chi connectivity index (χ1v) is 13.5. The third-order valence-corrected chi connectivity index (χ3v) is 7.79. The van der Waals surface area contributed by atoms with E-state index in [9.17, 15) is 13.2 Å². The van der Waals surface area contributed by atoms with Crippen LogP contribution < -0.4 is 5.32 Å². The molecule has 0 bridgehead atoms. The van der Waals surface area contributed by atoms with E-state index in [1.54, 1.807) is 18.3 Å². The molecule has 1 saturated carbocycles. The van der Waals surface area contributed by atoms with E-state index in [0.29, 0.717) is 41.8 Å². The molecular formula is C24H28ClN3O4S. The normalized spacial score (nSPS) is 17.8. The SMILES string of the molecule is CS(=O)(=O)c1ccc([C@@H](CC2CCCC2)C(=O)Nc2cnc(C3=CCCCO3)cn2)cc1Cl. The molecule has 1 aromatic heterocycles. The minimum atomic E-state index is -3.45. The van der Waals surface area contributed by atoms with Gasteiger partial charge in [0.15, 0.2) is 15.7 Å². The number of anilines is 1. The summed E-state index contributed by atoms with van der Waals surface area (Å²) >= 11 is 6.28. The van der Waals surface area contributed by atoms with Crippen LogP contribution in [0.3, 0.4) is 0 Å². The lowest BCUT2D eigenvalue weighted by atomic mass is 9.87. The maximum absolute atomic E-state index is 13.3. The maximum Gasteiger partial charge on any atom is 0.233 e. The summed E-state index contributed by atoms with van der Waals surface area (Å²) in [6.45, 7) is 0.662. The number of amides is 1. The molecule has 33 heavy (non-hydrogen) atoms. The lowest BCUT2D eigenvalue weighted by molar-refractivity contribution is -0.118. The number of sulfone groups is 1. The number of nitrogens with zero attached hydrogens (tertiary/aromatic N) is 2. The highest BCUT2D eigenvalue weighted by Gasteiger charge is 2.28. The van der Waals surface area contributed by atoms with Gasteiger partial charge in [-0.2, -0.15) is 0 Å². The van der Waals surface area contributed by atoms with Crippen molar-refractivity contribution in [2.45, 2.75) is 55.8 Å². The number of ether oxygens (including phenoxy) is 1. The van der Waals surface area contributed by atoms with Crippen molar-refractivity contribution in [3.63, 3.8) is 0 Å². The Labute approximate surface area is 199 Å². The maximum atomic E-state index is 13.3. The third-order valence-electron chi connectivity index (χ3n) is 6.21. The van der Waals surface area contributed by atoms with Crippen molar-refractivity contribution >= 4 is 38.9 Å². The second-order valence-corrected chi connectivity index (χ2v) is 11.1. The van der Waals surface area contributed by atoms with Crippen LogP contribution >= 0.6 is 11.6 Å². The first kappa shape index (κ1) is 23.7. The number of benzene rings is 1. The van der Waals surface area contributed by atoms with Crippen LogP contribution in [0.4, 0.5) is 5.82 Å². The number of carbonyl (C=O) groups excluding carboxylic acids is 1. The number of halogens is 1. The van der Waals surface area contributed by atoms with Crippen LogP contribution in [-0.2, 0) is 19.4 Å². The lowest BCUT2D eigenvalue weighted by Crippen LogP contribution is -2.24. The number of hydrogen-bond acceptors (Lipinski definition) is 6. The van der Waals surface area contributed by atoms with Gasteiger partial charge in [-0.25, -0.2) is 18.4 Å². The van der Waals surface area contributed by atoms with Crippen LogP contribution in [-0.4, -0.2) is 37.2 Å². The Kier molecular flexibility index (Phi) is 7.34. The Balaban J connectivity index is 1.54. The predicted molar refractivity (Wildman–Crippen MR) is 128 cm³/mol. The molecule has 1 fully saturated rings. The number of rotatable bonds is 7. The molecule has 1 aliphatic carbocycles. The monoisotopic (exact) mass is 489 g/mol. The summed E-state index contributed by atoms with van der Waals surface area (Å²) in [6, 6.07) is 4.76. The first-order chi connectivity index (χ1) is 15.8. The van der Waals surface area contributed by atoms with Gasteiger partial charge in [0, 0.05) is 6.26 Å². The third kappa shape index (κ3) is 5.92. The van der Waals surface area contributed by atoms with Crippen LogP contribution in [0.1, 0.15) is 62.1 Å². The molecule has 9 heteroatoms. The summed E-state index contributed by atoms with van der Waals surface area (Å²) in [6.07, 6.45) is 13.3. The van der Waals surface area contributed by atoms with E-state index in [1.807, 2.05) is 6.08 Å². The average molecular weight is 490 g/mol. The van der Waals surface area contributed by atoms with Crippen molar-refractivity contribution < 1.29 is 17.9 Å². The average Bonchev–Trinajstić information content (AvgIpc) is 3.31. The Morgan fingerprint density at radius 1 is 1.21 bits per heavy atom. The Hall–Kier alpha value is -2.45. The molecule has 7 nitrogen and oxygen atoms in total. The van der Waals surface area contributed by atoms with Gasteiger partial charge in [-0.05, 0) is 49.0 Å². The molecular weight excluding hydrogens is 462 g/mol. The highest BCUT2D eigenvalue weighted by atomic mass is 35.5. The quantitative estimate of drug-likeness (QED) is 0.588. The molecule has 2 aromatic rings. The Morgan fingerprint density at radius 2 is 2.00 bits per heavy atom.